The lowest BCUT2D eigenvalue weighted by Crippen LogP contribution is -2.51. The Morgan fingerprint density at radius 2 is 1.75 bits per heavy atom. The maximum Gasteiger partial charge on any atom is 0.225 e. The fourth-order valence-corrected chi connectivity index (χ4v) is 4.27. The summed E-state index contributed by atoms with van der Waals surface area (Å²) >= 11 is 0. The number of likely N-dealkylation sites (tertiary alicyclic amines) is 2. The van der Waals surface area contributed by atoms with E-state index in [1.807, 2.05) is 0 Å². The first kappa shape index (κ1) is 14.3. The van der Waals surface area contributed by atoms with Gasteiger partial charge in [-0.25, -0.2) is 0 Å². The number of carbonyl (C=O) groups is 1. The molecule has 20 heavy (non-hydrogen) atoms. The van der Waals surface area contributed by atoms with E-state index in [4.69, 9.17) is 5.73 Å². The Labute approximate surface area is 122 Å². The molecule has 0 bridgehead atoms. The second kappa shape index (κ2) is 6.44. The minimum Gasteiger partial charge on any atom is -0.341 e. The molecule has 0 spiro atoms. The molecule has 1 amide bonds. The van der Waals surface area contributed by atoms with Crippen molar-refractivity contribution in [2.45, 2.75) is 63.5 Å². The van der Waals surface area contributed by atoms with E-state index in [2.05, 4.69) is 9.80 Å². The molecule has 0 aromatic rings. The molecule has 3 fully saturated rings. The first-order valence-electron chi connectivity index (χ1n) is 8.52. The van der Waals surface area contributed by atoms with Crippen molar-refractivity contribution in [1.82, 2.24) is 9.80 Å². The summed E-state index contributed by atoms with van der Waals surface area (Å²) in [6.45, 7) is 4.40. The predicted octanol–water partition coefficient (Wildman–Crippen LogP) is 1.59. The number of piperidine rings is 1. The Morgan fingerprint density at radius 3 is 2.50 bits per heavy atom. The van der Waals surface area contributed by atoms with E-state index in [1.54, 1.807) is 0 Å². The summed E-state index contributed by atoms with van der Waals surface area (Å²) in [5.41, 5.74) is 6.04. The largest absolute Gasteiger partial charge is 0.341 e. The Morgan fingerprint density at radius 1 is 0.950 bits per heavy atom. The molecular weight excluding hydrogens is 250 g/mol. The van der Waals surface area contributed by atoms with Crippen LogP contribution in [0.25, 0.3) is 0 Å². The highest BCUT2D eigenvalue weighted by Gasteiger charge is 2.33. The Balaban J connectivity index is 1.56. The third-order valence-electron chi connectivity index (χ3n) is 5.43. The number of rotatable bonds is 2. The lowest BCUT2D eigenvalue weighted by Gasteiger charge is -2.40. The first-order valence-corrected chi connectivity index (χ1v) is 8.52. The number of carbonyl (C=O) groups excluding carboxylic acids is 1. The number of nitrogens with two attached hydrogens (primary N) is 1. The molecule has 3 atom stereocenters. The highest BCUT2D eigenvalue weighted by Crippen LogP contribution is 2.27. The van der Waals surface area contributed by atoms with Crippen molar-refractivity contribution >= 4 is 5.91 Å². The van der Waals surface area contributed by atoms with Crippen molar-refractivity contribution in [3.8, 4) is 0 Å². The van der Waals surface area contributed by atoms with Crippen LogP contribution in [0, 0.1) is 5.92 Å². The Kier molecular flexibility index (Phi) is 4.61. The van der Waals surface area contributed by atoms with Gasteiger partial charge < -0.3 is 10.6 Å². The third-order valence-corrected chi connectivity index (χ3v) is 5.43. The summed E-state index contributed by atoms with van der Waals surface area (Å²) in [5.74, 6) is 0.597. The lowest BCUT2D eigenvalue weighted by atomic mass is 9.85. The van der Waals surface area contributed by atoms with E-state index in [-0.39, 0.29) is 12.0 Å². The van der Waals surface area contributed by atoms with Crippen LogP contribution < -0.4 is 5.73 Å². The molecule has 4 nitrogen and oxygen atoms in total. The fourth-order valence-electron chi connectivity index (χ4n) is 4.27. The van der Waals surface area contributed by atoms with E-state index in [1.165, 1.54) is 38.8 Å². The maximum absolute atomic E-state index is 12.7. The molecule has 1 saturated carbocycles. The molecule has 0 aromatic carbocycles. The van der Waals surface area contributed by atoms with Gasteiger partial charge in [-0.15, -0.1) is 0 Å². The molecule has 2 N–H and O–H groups in total. The SMILES string of the molecule is NC1CCCC(C(=O)N2CCCC(N3CCCC3)C2)C1. The zero-order valence-electron chi connectivity index (χ0n) is 12.6. The fraction of sp³-hybridized carbons (Fsp3) is 0.938. The number of nitrogens with zero attached hydrogens (tertiary/aromatic N) is 2. The minimum atomic E-state index is 0.205. The zero-order valence-corrected chi connectivity index (χ0v) is 12.6. The van der Waals surface area contributed by atoms with Gasteiger partial charge in [-0.3, -0.25) is 9.69 Å². The number of amides is 1. The topological polar surface area (TPSA) is 49.6 Å². The van der Waals surface area contributed by atoms with Crippen LogP contribution in [0.2, 0.25) is 0 Å². The van der Waals surface area contributed by atoms with Crippen molar-refractivity contribution in [2.24, 2.45) is 11.7 Å². The quantitative estimate of drug-likeness (QED) is 0.835. The summed E-state index contributed by atoms with van der Waals surface area (Å²) in [5, 5.41) is 0. The minimum absolute atomic E-state index is 0.205. The molecule has 1 aliphatic carbocycles. The van der Waals surface area contributed by atoms with Gasteiger partial charge in [0.05, 0.1) is 0 Å². The van der Waals surface area contributed by atoms with Crippen LogP contribution in [0.3, 0.4) is 0 Å². The molecule has 3 rings (SSSR count). The van der Waals surface area contributed by atoms with E-state index < -0.39 is 0 Å². The highest BCUT2D eigenvalue weighted by molar-refractivity contribution is 5.79. The summed E-state index contributed by atoms with van der Waals surface area (Å²) in [7, 11) is 0. The van der Waals surface area contributed by atoms with Gasteiger partial charge in [0.1, 0.15) is 0 Å². The van der Waals surface area contributed by atoms with Crippen LogP contribution in [0.15, 0.2) is 0 Å². The predicted molar refractivity (Wildman–Crippen MR) is 80.3 cm³/mol. The van der Waals surface area contributed by atoms with Crippen molar-refractivity contribution < 1.29 is 4.79 Å². The maximum atomic E-state index is 12.7. The van der Waals surface area contributed by atoms with Crippen molar-refractivity contribution in [3.63, 3.8) is 0 Å². The average molecular weight is 279 g/mol. The van der Waals surface area contributed by atoms with Gasteiger partial charge in [-0.2, -0.15) is 0 Å². The van der Waals surface area contributed by atoms with Gasteiger partial charge in [-0.05, 0) is 58.0 Å². The van der Waals surface area contributed by atoms with E-state index >= 15 is 0 Å². The molecular formula is C16H29N3O. The van der Waals surface area contributed by atoms with Crippen molar-refractivity contribution in [3.05, 3.63) is 0 Å². The summed E-state index contributed by atoms with van der Waals surface area (Å²) in [6, 6.07) is 0.865. The van der Waals surface area contributed by atoms with Gasteiger partial charge in [-0.1, -0.05) is 6.42 Å². The summed E-state index contributed by atoms with van der Waals surface area (Å²) in [6.07, 6.45) is 9.30. The molecule has 3 unspecified atom stereocenters. The molecule has 0 aromatic heterocycles. The lowest BCUT2D eigenvalue weighted by molar-refractivity contribution is -0.138. The number of hydrogen-bond donors (Lipinski definition) is 1. The van der Waals surface area contributed by atoms with Crippen LogP contribution in [-0.4, -0.2) is 54.0 Å². The molecule has 3 aliphatic rings. The van der Waals surface area contributed by atoms with E-state index in [0.717, 1.165) is 38.8 Å². The van der Waals surface area contributed by atoms with Gasteiger partial charge in [0.2, 0.25) is 5.91 Å². The summed E-state index contributed by atoms with van der Waals surface area (Å²) < 4.78 is 0. The van der Waals surface area contributed by atoms with Crippen LogP contribution in [-0.2, 0) is 4.79 Å². The standard InChI is InChI=1S/C16H29N3O/c17-14-6-3-5-13(11-14)16(20)19-10-4-7-15(12-19)18-8-1-2-9-18/h13-15H,1-12,17H2. The summed E-state index contributed by atoms with van der Waals surface area (Å²) in [4.78, 5) is 17.5. The van der Waals surface area contributed by atoms with Crippen LogP contribution in [0.4, 0.5) is 0 Å². The molecule has 2 saturated heterocycles. The van der Waals surface area contributed by atoms with Crippen molar-refractivity contribution in [1.29, 1.82) is 0 Å². The molecule has 2 heterocycles. The normalized spacial score (nSPS) is 36.2. The average Bonchev–Trinajstić information content (AvgIpc) is 3.01. The molecule has 0 radical (unpaired) electrons. The van der Waals surface area contributed by atoms with E-state index in [9.17, 15) is 4.79 Å². The monoisotopic (exact) mass is 279 g/mol. The van der Waals surface area contributed by atoms with Gasteiger partial charge in [0.15, 0.2) is 0 Å². The van der Waals surface area contributed by atoms with Gasteiger partial charge in [0.25, 0.3) is 0 Å². The van der Waals surface area contributed by atoms with Crippen LogP contribution in [0.5, 0.6) is 0 Å². The van der Waals surface area contributed by atoms with Crippen LogP contribution >= 0.6 is 0 Å². The highest BCUT2D eigenvalue weighted by atomic mass is 16.2. The second-order valence-corrected chi connectivity index (χ2v) is 6.95. The smallest absolute Gasteiger partial charge is 0.225 e. The third kappa shape index (κ3) is 3.17. The molecule has 114 valence electrons. The zero-order chi connectivity index (χ0) is 13.9. The van der Waals surface area contributed by atoms with Gasteiger partial charge in [0, 0.05) is 31.1 Å². The van der Waals surface area contributed by atoms with Crippen molar-refractivity contribution in [2.75, 3.05) is 26.2 Å². The van der Waals surface area contributed by atoms with Gasteiger partial charge >= 0.3 is 0 Å². The molecule has 4 heteroatoms. The molecule has 2 aliphatic heterocycles. The first-order chi connectivity index (χ1) is 9.74. The number of hydrogen-bond acceptors (Lipinski definition) is 3. The van der Waals surface area contributed by atoms with Crippen LogP contribution in [0.1, 0.15) is 51.4 Å². The second-order valence-electron chi connectivity index (χ2n) is 6.95. The Hall–Kier alpha value is -0.610. The van der Waals surface area contributed by atoms with E-state index in [0.29, 0.717) is 11.9 Å². The Bertz CT molecular complexity index is 341.